The number of ether oxygens (including phenoxy) is 4. The van der Waals surface area contributed by atoms with E-state index in [1.807, 2.05) is 25.1 Å². The Morgan fingerprint density at radius 2 is 1.86 bits per heavy atom. The third-order valence-electron chi connectivity index (χ3n) is 9.59. The van der Waals surface area contributed by atoms with Gasteiger partial charge in [-0.15, -0.1) is 0 Å². The summed E-state index contributed by atoms with van der Waals surface area (Å²) in [5.74, 6) is 0.473. The van der Waals surface area contributed by atoms with Gasteiger partial charge in [0.05, 0.1) is 24.9 Å². The molecule has 0 aliphatic carbocycles. The van der Waals surface area contributed by atoms with Crippen LogP contribution < -0.4 is 0 Å². The summed E-state index contributed by atoms with van der Waals surface area (Å²) < 4.78 is 23.8. The number of epoxide rings is 1. The Balaban J connectivity index is 1.30. The van der Waals surface area contributed by atoms with Gasteiger partial charge in [-0.2, -0.15) is 0 Å². The van der Waals surface area contributed by atoms with Crippen molar-refractivity contribution in [2.24, 2.45) is 17.8 Å². The molecule has 0 radical (unpaired) electrons. The van der Waals surface area contributed by atoms with Crippen LogP contribution in [0.3, 0.4) is 0 Å². The van der Waals surface area contributed by atoms with E-state index in [-0.39, 0.29) is 36.0 Å². The van der Waals surface area contributed by atoms with Gasteiger partial charge in [0.1, 0.15) is 23.9 Å². The Morgan fingerprint density at radius 3 is 2.52 bits per heavy atom. The lowest BCUT2D eigenvalue weighted by Gasteiger charge is -2.40. The molecule has 10 atom stereocenters. The van der Waals surface area contributed by atoms with Crippen LogP contribution in [0.25, 0.3) is 0 Å². The highest BCUT2D eigenvalue weighted by Gasteiger charge is 2.59. The van der Waals surface area contributed by atoms with Crippen molar-refractivity contribution < 1.29 is 33.6 Å². The van der Waals surface area contributed by atoms with Gasteiger partial charge >= 0.3 is 5.97 Å². The number of carbonyl (C=O) groups is 2. The van der Waals surface area contributed by atoms with Crippen LogP contribution in [0.4, 0.5) is 0 Å². The fourth-order valence-corrected chi connectivity index (χ4v) is 6.72. The van der Waals surface area contributed by atoms with Crippen LogP contribution in [0.2, 0.25) is 0 Å². The molecule has 242 valence electrons. The van der Waals surface area contributed by atoms with E-state index in [1.54, 1.807) is 13.0 Å². The van der Waals surface area contributed by atoms with Gasteiger partial charge in [-0.25, -0.2) is 0 Å². The zero-order chi connectivity index (χ0) is 31.9. The Hall–Kier alpha value is -2.58. The second kappa shape index (κ2) is 15.6. The van der Waals surface area contributed by atoms with Crippen molar-refractivity contribution in [3.05, 3.63) is 71.8 Å². The topological polar surface area (TPSA) is 94.6 Å². The van der Waals surface area contributed by atoms with E-state index in [0.29, 0.717) is 24.9 Å². The van der Waals surface area contributed by atoms with Crippen molar-refractivity contribution in [3.8, 4) is 0 Å². The van der Waals surface area contributed by atoms with Crippen molar-refractivity contribution >= 4 is 11.8 Å². The Labute approximate surface area is 263 Å². The zero-order valence-corrected chi connectivity index (χ0v) is 27.3. The molecule has 0 bridgehead atoms. The molecule has 0 amide bonds. The molecular weight excluding hydrogens is 556 g/mol. The second-order valence-electron chi connectivity index (χ2n) is 13.2. The van der Waals surface area contributed by atoms with Gasteiger partial charge in [-0.3, -0.25) is 9.59 Å². The maximum absolute atomic E-state index is 12.5. The first-order chi connectivity index (χ1) is 21.0. The van der Waals surface area contributed by atoms with Crippen molar-refractivity contribution in [2.45, 2.75) is 122 Å². The van der Waals surface area contributed by atoms with Gasteiger partial charge < -0.3 is 24.1 Å². The van der Waals surface area contributed by atoms with E-state index in [9.17, 15) is 14.7 Å². The third-order valence-corrected chi connectivity index (χ3v) is 9.59. The van der Waals surface area contributed by atoms with Gasteiger partial charge in [0.15, 0.2) is 5.78 Å². The number of hydrogen-bond donors (Lipinski definition) is 1. The van der Waals surface area contributed by atoms with E-state index >= 15 is 0 Å². The van der Waals surface area contributed by atoms with Crippen LogP contribution in [-0.2, 0) is 35.0 Å². The fraction of sp³-hybridized carbons (Fsp3) is 0.622. The maximum atomic E-state index is 12.5. The predicted molar refractivity (Wildman–Crippen MR) is 171 cm³/mol. The number of esters is 1. The van der Waals surface area contributed by atoms with Crippen molar-refractivity contribution in [3.63, 3.8) is 0 Å². The Morgan fingerprint density at radius 1 is 1.14 bits per heavy atom. The second-order valence-corrected chi connectivity index (χ2v) is 13.2. The van der Waals surface area contributed by atoms with E-state index in [0.717, 1.165) is 37.7 Å². The molecule has 7 nitrogen and oxygen atoms in total. The average molecular weight is 609 g/mol. The highest BCUT2D eigenvalue weighted by Crippen LogP contribution is 2.45. The van der Waals surface area contributed by atoms with Gasteiger partial charge in [0, 0.05) is 19.8 Å². The molecule has 44 heavy (non-hydrogen) atoms. The largest absolute Gasteiger partial charge is 0.459 e. The molecule has 7 heteroatoms. The average Bonchev–Trinajstić information content (AvgIpc) is 3.76. The molecule has 1 unspecified atom stereocenters. The molecule has 1 spiro atoms. The minimum Gasteiger partial charge on any atom is -0.459 e. The zero-order valence-electron chi connectivity index (χ0n) is 27.3. The highest BCUT2D eigenvalue weighted by atomic mass is 16.6. The van der Waals surface area contributed by atoms with Crippen LogP contribution in [-0.4, -0.2) is 65.7 Å². The standard InChI is InChI=1S/C37H52O7/c1-7-30(20-29-11-9-8-10-12-29)35-22-37(23-41-37)36(40)34(44-35)18-14-24(2)13-17-33-25(3)19-31(27(5)43-33)21-32(39)16-15-26(4)42-28(6)38/h8-16,18,25-27,30-31,33-36,40H,7,17,19-23H2,1-6H3/b16-15-,18-14+,24-13+/t25-,26-,27+,30+,31-,33-,34?,35+,36+,37+/m0/s1. The summed E-state index contributed by atoms with van der Waals surface area (Å²) >= 11 is 0. The van der Waals surface area contributed by atoms with Crippen molar-refractivity contribution in [1.29, 1.82) is 0 Å². The number of rotatable bonds is 13. The minimum absolute atomic E-state index is 0.0223. The normalized spacial score (nSPS) is 33.9. The van der Waals surface area contributed by atoms with Crippen LogP contribution in [0.15, 0.2) is 66.3 Å². The van der Waals surface area contributed by atoms with Gasteiger partial charge in [0.25, 0.3) is 0 Å². The fourth-order valence-electron chi connectivity index (χ4n) is 6.72. The predicted octanol–water partition coefficient (Wildman–Crippen LogP) is 6.33. The molecule has 3 fully saturated rings. The smallest absolute Gasteiger partial charge is 0.303 e. The number of benzene rings is 1. The number of hydrogen-bond acceptors (Lipinski definition) is 7. The molecule has 0 aromatic heterocycles. The lowest BCUT2D eigenvalue weighted by Crippen LogP contribution is -2.52. The summed E-state index contributed by atoms with van der Waals surface area (Å²) in [6.45, 7) is 12.2. The number of ketones is 1. The van der Waals surface area contributed by atoms with E-state index < -0.39 is 23.9 Å². The molecule has 1 aromatic rings. The van der Waals surface area contributed by atoms with Crippen LogP contribution in [0, 0.1) is 17.8 Å². The summed E-state index contributed by atoms with van der Waals surface area (Å²) in [5.41, 5.74) is 1.91. The number of aliphatic hydroxyl groups excluding tert-OH is 1. The molecule has 1 N–H and O–H groups in total. The first-order valence-electron chi connectivity index (χ1n) is 16.4. The van der Waals surface area contributed by atoms with Gasteiger partial charge in [-0.1, -0.05) is 74.4 Å². The summed E-state index contributed by atoms with van der Waals surface area (Å²) in [6, 6.07) is 10.5. The summed E-state index contributed by atoms with van der Waals surface area (Å²) in [5, 5.41) is 11.1. The molecule has 1 aromatic carbocycles. The summed E-state index contributed by atoms with van der Waals surface area (Å²) in [7, 11) is 0. The van der Waals surface area contributed by atoms with Crippen molar-refractivity contribution in [1.82, 2.24) is 0 Å². The SMILES string of the molecule is CC[C@H](Cc1ccccc1)[C@H]1C[C@@]2(CO2)[C@H](O)C(/C=C/C(C)=C/C[C@@H]2O[C@H](C)[C@H](CC(=O)/C=C\[C@H](C)OC(C)=O)C[C@@H]2C)O1. The number of carbonyl (C=O) groups excluding carboxylic acids is 2. The van der Waals surface area contributed by atoms with E-state index in [2.05, 4.69) is 51.1 Å². The maximum Gasteiger partial charge on any atom is 0.303 e. The minimum atomic E-state index is -0.682. The summed E-state index contributed by atoms with van der Waals surface area (Å²) in [6.07, 6.45) is 12.7. The quantitative estimate of drug-likeness (QED) is 0.121. The molecule has 3 aliphatic rings. The molecule has 3 heterocycles. The van der Waals surface area contributed by atoms with Gasteiger partial charge in [0.2, 0.25) is 0 Å². The van der Waals surface area contributed by atoms with E-state index in [1.165, 1.54) is 18.6 Å². The highest BCUT2D eigenvalue weighted by molar-refractivity contribution is 5.89. The first kappa shape index (κ1) is 34.3. The monoisotopic (exact) mass is 608 g/mol. The van der Waals surface area contributed by atoms with Gasteiger partial charge in [-0.05, 0) is 75.5 Å². The lowest BCUT2D eigenvalue weighted by molar-refractivity contribution is -0.149. The van der Waals surface area contributed by atoms with E-state index in [4.69, 9.17) is 18.9 Å². The number of aliphatic hydroxyl groups is 1. The van der Waals surface area contributed by atoms with Crippen molar-refractivity contribution in [2.75, 3.05) is 6.61 Å². The van der Waals surface area contributed by atoms with Crippen LogP contribution >= 0.6 is 0 Å². The first-order valence-corrected chi connectivity index (χ1v) is 16.4. The van der Waals surface area contributed by atoms with Crippen LogP contribution in [0.1, 0.15) is 79.2 Å². The number of allylic oxidation sites excluding steroid dienone is 3. The molecule has 3 aliphatic heterocycles. The lowest BCUT2D eigenvalue weighted by atomic mass is 9.81. The third kappa shape index (κ3) is 9.46. The molecular formula is C37H52O7. The summed E-state index contributed by atoms with van der Waals surface area (Å²) in [4.78, 5) is 23.6. The van der Waals surface area contributed by atoms with Crippen LogP contribution in [0.5, 0.6) is 0 Å². The molecule has 0 saturated carbocycles. The molecule has 3 saturated heterocycles. The Kier molecular flexibility index (Phi) is 12.2. The molecule has 4 rings (SSSR count). The Bertz CT molecular complexity index is 1180.